The van der Waals surface area contributed by atoms with Gasteiger partial charge in [-0.25, -0.2) is 0 Å². The van der Waals surface area contributed by atoms with Gasteiger partial charge in [0, 0.05) is 5.56 Å². The first kappa shape index (κ1) is 15.5. The average Bonchev–Trinajstić information content (AvgIpc) is 3.36. The highest BCUT2D eigenvalue weighted by molar-refractivity contribution is 7.13. The van der Waals surface area contributed by atoms with Gasteiger partial charge < -0.3 is 4.42 Å². The van der Waals surface area contributed by atoms with Crippen molar-refractivity contribution in [3.05, 3.63) is 53.2 Å². The molecule has 0 fully saturated rings. The smallest absolute Gasteiger partial charge is 0.314 e. The summed E-state index contributed by atoms with van der Waals surface area (Å²) in [5.41, 5.74) is 1.49. The highest BCUT2D eigenvalue weighted by Crippen LogP contribution is 2.23. The van der Waals surface area contributed by atoms with E-state index in [9.17, 15) is 8.78 Å². The molecule has 3 aromatic heterocycles. The normalized spacial score (nSPS) is 11.3. The molecule has 0 aliphatic rings. The third kappa shape index (κ3) is 3.29. The van der Waals surface area contributed by atoms with Gasteiger partial charge >= 0.3 is 6.43 Å². The van der Waals surface area contributed by atoms with Crippen molar-refractivity contribution in [2.75, 3.05) is 0 Å². The third-order valence-electron chi connectivity index (χ3n) is 3.35. The maximum absolute atomic E-state index is 12.5. The number of tetrazole rings is 1. The van der Waals surface area contributed by atoms with Gasteiger partial charge in [0.15, 0.2) is 0 Å². The van der Waals surface area contributed by atoms with Crippen molar-refractivity contribution in [1.29, 1.82) is 0 Å². The van der Waals surface area contributed by atoms with Crippen LogP contribution in [0, 0.1) is 0 Å². The predicted octanol–water partition coefficient (Wildman–Crippen LogP) is 3.44. The van der Waals surface area contributed by atoms with Gasteiger partial charge in [-0.05, 0) is 34.4 Å². The van der Waals surface area contributed by atoms with Crippen molar-refractivity contribution in [1.82, 2.24) is 30.4 Å². The summed E-state index contributed by atoms with van der Waals surface area (Å²) >= 11 is 1.54. The molecule has 0 bridgehead atoms. The minimum Gasteiger partial charge on any atom is -0.415 e. The van der Waals surface area contributed by atoms with Gasteiger partial charge in [-0.2, -0.15) is 13.6 Å². The van der Waals surface area contributed by atoms with Crippen LogP contribution in [0.4, 0.5) is 8.78 Å². The van der Waals surface area contributed by atoms with Crippen LogP contribution in [-0.2, 0) is 6.54 Å². The molecule has 4 rings (SSSR count). The molecule has 0 spiro atoms. The third-order valence-corrected chi connectivity index (χ3v) is 4.21. The molecule has 0 radical (unpaired) electrons. The van der Waals surface area contributed by atoms with E-state index in [0.29, 0.717) is 17.9 Å². The van der Waals surface area contributed by atoms with Crippen LogP contribution < -0.4 is 0 Å². The van der Waals surface area contributed by atoms with Crippen molar-refractivity contribution in [2.45, 2.75) is 13.0 Å². The fourth-order valence-corrected chi connectivity index (χ4v) is 2.82. The van der Waals surface area contributed by atoms with E-state index in [1.54, 1.807) is 23.5 Å². The molecule has 0 N–H and O–H groups in total. The quantitative estimate of drug-likeness (QED) is 0.542. The first-order chi connectivity index (χ1) is 12.2. The standard InChI is InChI=1S/C15H10F2N6OS/c16-12(17)15-20-19-14(24-15)10-5-3-9(4-6-10)8-23-21-13(18-22-23)11-2-1-7-25-11/h1-7,12H,8H2. The lowest BCUT2D eigenvalue weighted by Crippen LogP contribution is -2.03. The number of halogens is 2. The lowest BCUT2D eigenvalue weighted by molar-refractivity contribution is 0.116. The van der Waals surface area contributed by atoms with E-state index in [1.807, 2.05) is 29.6 Å². The van der Waals surface area contributed by atoms with Crippen molar-refractivity contribution in [3.8, 4) is 22.2 Å². The van der Waals surface area contributed by atoms with Crippen LogP contribution in [0.1, 0.15) is 17.9 Å². The van der Waals surface area contributed by atoms with Crippen molar-refractivity contribution in [3.63, 3.8) is 0 Å². The van der Waals surface area contributed by atoms with Crippen LogP contribution in [0.5, 0.6) is 0 Å². The molecule has 0 saturated carbocycles. The first-order valence-electron chi connectivity index (χ1n) is 7.21. The molecule has 0 aliphatic carbocycles. The highest BCUT2D eigenvalue weighted by Gasteiger charge is 2.17. The van der Waals surface area contributed by atoms with E-state index in [2.05, 4.69) is 25.6 Å². The molecule has 0 amide bonds. The topological polar surface area (TPSA) is 82.5 Å². The van der Waals surface area contributed by atoms with Crippen molar-refractivity contribution in [2.24, 2.45) is 0 Å². The summed E-state index contributed by atoms with van der Waals surface area (Å²) in [6, 6.07) is 10.9. The number of aromatic nitrogens is 6. The second kappa shape index (κ2) is 6.48. The molecule has 0 aliphatic heterocycles. The Balaban J connectivity index is 1.48. The summed E-state index contributed by atoms with van der Waals surface area (Å²) in [5, 5.41) is 21.3. The zero-order valence-corrected chi connectivity index (χ0v) is 13.4. The number of alkyl halides is 2. The Labute approximate surface area is 143 Å². The zero-order valence-electron chi connectivity index (χ0n) is 12.6. The predicted molar refractivity (Wildman–Crippen MR) is 84.9 cm³/mol. The summed E-state index contributed by atoms with van der Waals surface area (Å²) in [6.45, 7) is 0.435. The van der Waals surface area contributed by atoms with Crippen LogP contribution in [0.3, 0.4) is 0 Å². The first-order valence-corrected chi connectivity index (χ1v) is 8.09. The van der Waals surface area contributed by atoms with Gasteiger partial charge in [-0.15, -0.1) is 31.7 Å². The van der Waals surface area contributed by atoms with Gasteiger partial charge in [-0.1, -0.05) is 18.2 Å². The molecule has 1 aromatic carbocycles. The number of hydrogen-bond acceptors (Lipinski definition) is 7. The van der Waals surface area contributed by atoms with E-state index in [0.717, 1.165) is 10.4 Å². The van der Waals surface area contributed by atoms with Crippen LogP contribution in [0.25, 0.3) is 22.2 Å². The average molecular weight is 360 g/mol. The van der Waals surface area contributed by atoms with Crippen molar-refractivity contribution >= 4 is 11.3 Å². The second-order valence-electron chi connectivity index (χ2n) is 5.06. The number of rotatable bonds is 5. The molecule has 7 nitrogen and oxygen atoms in total. The van der Waals surface area contributed by atoms with Crippen LogP contribution in [0.2, 0.25) is 0 Å². The summed E-state index contributed by atoms with van der Waals surface area (Å²) in [4.78, 5) is 2.44. The number of hydrogen-bond donors (Lipinski definition) is 0. The number of benzene rings is 1. The zero-order chi connectivity index (χ0) is 17.2. The Morgan fingerprint density at radius 3 is 2.60 bits per heavy atom. The van der Waals surface area contributed by atoms with Crippen LogP contribution in [0.15, 0.2) is 46.2 Å². The second-order valence-corrected chi connectivity index (χ2v) is 6.01. The summed E-state index contributed by atoms with van der Waals surface area (Å²) in [7, 11) is 0. The largest absolute Gasteiger partial charge is 0.415 e. The van der Waals surface area contributed by atoms with E-state index in [1.165, 1.54) is 4.80 Å². The van der Waals surface area contributed by atoms with E-state index < -0.39 is 12.3 Å². The summed E-state index contributed by atoms with van der Waals surface area (Å²) in [5.74, 6) is -0.0512. The lowest BCUT2D eigenvalue weighted by Gasteiger charge is -2.00. The van der Waals surface area contributed by atoms with E-state index in [4.69, 9.17) is 4.42 Å². The summed E-state index contributed by atoms with van der Waals surface area (Å²) in [6.07, 6.45) is -2.78. The van der Waals surface area contributed by atoms with Crippen molar-refractivity contribution < 1.29 is 13.2 Å². The number of nitrogens with zero attached hydrogens (tertiary/aromatic N) is 6. The summed E-state index contributed by atoms with van der Waals surface area (Å²) < 4.78 is 29.9. The minimum absolute atomic E-state index is 0.0562. The van der Waals surface area contributed by atoms with E-state index >= 15 is 0 Å². The lowest BCUT2D eigenvalue weighted by atomic mass is 10.1. The van der Waals surface area contributed by atoms with Crippen LogP contribution >= 0.6 is 11.3 Å². The molecule has 4 aromatic rings. The number of thiophene rings is 1. The Morgan fingerprint density at radius 2 is 1.92 bits per heavy atom. The van der Waals surface area contributed by atoms with E-state index in [-0.39, 0.29) is 5.89 Å². The fraction of sp³-hybridized carbons (Fsp3) is 0.133. The highest BCUT2D eigenvalue weighted by atomic mass is 32.1. The Bertz CT molecular complexity index is 964. The monoisotopic (exact) mass is 360 g/mol. The minimum atomic E-state index is -2.78. The maximum Gasteiger partial charge on any atom is 0.314 e. The molecule has 0 unspecified atom stereocenters. The molecular weight excluding hydrogens is 350 g/mol. The molecular formula is C15H10F2N6OS. The molecule has 0 atom stereocenters. The Kier molecular flexibility index (Phi) is 4.02. The molecule has 126 valence electrons. The molecule has 3 heterocycles. The van der Waals surface area contributed by atoms with Gasteiger partial charge in [-0.3, -0.25) is 0 Å². The Morgan fingerprint density at radius 1 is 1.08 bits per heavy atom. The van der Waals surface area contributed by atoms with Gasteiger partial charge in [0.1, 0.15) is 0 Å². The van der Waals surface area contributed by atoms with Gasteiger partial charge in [0.05, 0.1) is 11.4 Å². The van der Waals surface area contributed by atoms with Gasteiger partial charge in [0.25, 0.3) is 5.89 Å². The molecule has 0 saturated heterocycles. The molecule has 10 heteroatoms. The molecule has 25 heavy (non-hydrogen) atoms. The van der Waals surface area contributed by atoms with Crippen LogP contribution in [-0.4, -0.2) is 30.4 Å². The van der Waals surface area contributed by atoms with Gasteiger partial charge in [0.2, 0.25) is 11.7 Å². The SMILES string of the molecule is FC(F)c1nnc(-c2ccc(Cn3nnc(-c4cccs4)n3)cc2)o1. The maximum atomic E-state index is 12.5. The fourth-order valence-electron chi connectivity index (χ4n) is 2.17. The Hall–Kier alpha value is -3.01.